The molecule has 0 aromatic heterocycles. The van der Waals surface area contributed by atoms with Crippen LogP contribution >= 0.6 is 55.9 Å². The average molecular weight is 633 g/mol. The van der Waals surface area contributed by atoms with Gasteiger partial charge in [-0.15, -0.1) is 0 Å². The van der Waals surface area contributed by atoms with Gasteiger partial charge in [0.15, 0.2) is 0 Å². The normalized spacial score (nSPS) is 12.9. The van der Waals surface area contributed by atoms with E-state index in [2.05, 4.69) is 100 Å². The van der Waals surface area contributed by atoms with E-state index in [1.54, 1.807) is 0 Å². The molecule has 0 radical (unpaired) electrons. The van der Waals surface area contributed by atoms with Gasteiger partial charge in [0.2, 0.25) is 0 Å². The fraction of sp³-hybridized carbons (Fsp3) is 0.400. The van der Waals surface area contributed by atoms with Crippen LogP contribution in [0.1, 0.15) is 19.4 Å². The van der Waals surface area contributed by atoms with Gasteiger partial charge in [-0.3, -0.25) is 0 Å². The number of benzene rings is 1. The van der Waals surface area contributed by atoms with E-state index in [0.717, 1.165) is 0 Å². The molecular formula is C10H13I3Sn. The molecule has 0 bridgehead atoms. The fourth-order valence-electron chi connectivity index (χ4n) is 1.49. The van der Waals surface area contributed by atoms with E-state index in [0.29, 0.717) is 5.41 Å². The van der Waals surface area contributed by atoms with E-state index in [9.17, 15) is 0 Å². The van der Waals surface area contributed by atoms with Crippen molar-refractivity contribution in [2.75, 3.05) is 0 Å². The summed E-state index contributed by atoms with van der Waals surface area (Å²) in [4.78, 5) is 0. The van der Waals surface area contributed by atoms with Crippen molar-refractivity contribution in [1.82, 2.24) is 0 Å². The first-order chi connectivity index (χ1) is 6.31. The molecule has 0 aliphatic carbocycles. The van der Waals surface area contributed by atoms with Gasteiger partial charge in [0.25, 0.3) is 0 Å². The molecule has 0 amide bonds. The molecule has 78 valence electrons. The van der Waals surface area contributed by atoms with Crippen molar-refractivity contribution in [1.29, 1.82) is 0 Å². The summed E-state index contributed by atoms with van der Waals surface area (Å²) in [7, 11) is 0. The van der Waals surface area contributed by atoms with Gasteiger partial charge in [0, 0.05) is 0 Å². The van der Waals surface area contributed by atoms with Crippen LogP contribution in [0.4, 0.5) is 0 Å². The van der Waals surface area contributed by atoms with Crippen molar-refractivity contribution in [3.63, 3.8) is 0 Å². The quantitative estimate of drug-likeness (QED) is 0.318. The Bertz CT molecular complexity index is 290. The zero-order valence-electron chi connectivity index (χ0n) is 8.23. The van der Waals surface area contributed by atoms with Gasteiger partial charge >= 0.3 is 122 Å². The molecule has 0 nitrogen and oxygen atoms in total. The summed E-state index contributed by atoms with van der Waals surface area (Å²) in [6.45, 7) is 2.97. The van der Waals surface area contributed by atoms with Crippen LogP contribution in [-0.4, -0.2) is 6.47 Å². The number of halogens is 3. The van der Waals surface area contributed by atoms with Gasteiger partial charge in [-0.1, -0.05) is 0 Å². The first kappa shape index (κ1) is 14.3. The summed E-state index contributed by atoms with van der Waals surface area (Å²) in [5.41, 5.74) is 1.83. The molecule has 0 unspecified atom stereocenters. The maximum absolute atomic E-state index is 2.71. The predicted molar refractivity (Wildman–Crippen MR) is 92.1 cm³/mol. The molecule has 0 saturated heterocycles. The molecule has 4 heteroatoms. The molecule has 0 spiro atoms. The zero-order chi connectivity index (χ0) is 10.8. The monoisotopic (exact) mass is 634 g/mol. The second-order valence-corrected chi connectivity index (χ2v) is 87.2. The maximum atomic E-state index is 2.71. The van der Waals surface area contributed by atoms with Crippen molar-refractivity contribution in [2.45, 2.75) is 23.7 Å². The van der Waals surface area contributed by atoms with Crippen LogP contribution in [0.5, 0.6) is 0 Å². The summed E-state index contributed by atoms with van der Waals surface area (Å²) < 4.78 is 1.38. The standard InChI is InChI=1S/C10H13.3HI.Sn/c1-10(2,3)9-7-5-4-6-8-9;;;;/h4-8H,1H2,2-3H3;3*1H;/q;;;;+3/p-3. The van der Waals surface area contributed by atoms with Crippen molar-refractivity contribution < 1.29 is 0 Å². The van der Waals surface area contributed by atoms with E-state index in [1.165, 1.54) is 10.0 Å². The minimum absolute atomic E-state index is 0.348. The van der Waals surface area contributed by atoms with Crippen molar-refractivity contribution in [2.24, 2.45) is 0 Å². The van der Waals surface area contributed by atoms with E-state index >= 15 is 0 Å². The summed E-state index contributed by atoms with van der Waals surface area (Å²) in [5.74, 6) is 0. The second kappa shape index (κ2) is 5.70. The fourth-order valence-corrected chi connectivity index (χ4v) is 24.1. The van der Waals surface area contributed by atoms with Gasteiger partial charge in [-0.25, -0.2) is 0 Å². The third kappa shape index (κ3) is 5.03. The summed E-state index contributed by atoms with van der Waals surface area (Å²) in [6, 6.07) is 10.9. The Labute approximate surface area is 119 Å². The molecular weight excluding hydrogens is 620 g/mol. The molecule has 0 fully saturated rings. The van der Waals surface area contributed by atoms with E-state index in [4.69, 9.17) is 0 Å². The molecule has 0 aliphatic rings. The summed E-state index contributed by atoms with van der Waals surface area (Å²) >= 11 is 8.14. The van der Waals surface area contributed by atoms with Crippen LogP contribution in [0.2, 0.25) is 4.44 Å². The van der Waals surface area contributed by atoms with Gasteiger partial charge in [0.1, 0.15) is 0 Å². The Morgan fingerprint density at radius 3 is 2.00 bits per heavy atom. The van der Waals surface area contributed by atoms with Crippen LogP contribution in [0.3, 0.4) is 0 Å². The van der Waals surface area contributed by atoms with Gasteiger partial charge < -0.3 is 0 Å². The predicted octanol–water partition coefficient (Wildman–Crippen LogP) is 5.21. The molecule has 14 heavy (non-hydrogen) atoms. The summed E-state index contributed by atoms with van der Waals surface area (Å²) in [5, 5.41) is 0. The number of hydrogen-bond acceptors (Lipinski definition) is 0. The third-order valence-corrected chi connectivity index (χ3v) is 13.5. The average Bonchev–Trinajstić information content (AvgIpc) is 2.01. The topological polar surface area (TPSA) is 0 Å². The van der Waals surface area contributed by atoms with E-state index < -0.39 is 6.47 Å². The Kier molecular flexibility index (Phi) is 5.81. The second-order valence-electron chi connectivity index (χ2n) is 4.04. The Morgan fingerprint density at radius 1 is 1.07 bits per heavy atom. The molecule has 0 N–H and O–H groups in total. The summed E-state index contributed by atoms with van der Waals surface area (Å²) in [6.07, 6.45) is 0. The minimum atomic E-state index is -1.76. The van der Waals surface area contributed by atoms with Gasteiger partial charge in [-0.2, -0.15) is 0 Å². The molecule has 0 aliphatic heterocycles. The van der Waals surface area contributed by atoms with Crippen LogP contribution in [0.25, 0.3) is 0 Å². The first-order valence-corrected chi connectivity index (χ1v) is 31.4. The van der Waals surface area contributed by atoms with E-state index in [1.807, 2.05) is 0 Å². The SMILES string of the molecule is CC(C)([CH2][Sn]([I])([I])[I])c1ccccc1. The van der Waals surface area contributed by atoms with Crippen molar-refractivity contribution in [3.05, 3.63) is 35.9 Å². The van der Waals surface area contributed by atoms with Gasteiger partial charge in [-0.05, 0) is 0 Å². The molecule has 0 saturated carbocycles. The van der Waals surface area contributed by atoms with Gasteiger partial charge in [0.05, 0.1) is 0 Å². The van der Waals surface area contributed by atoms with Crippen molar-refractivity contribution >= 4 is 62.4 Å². The van der Waals surface area contributed by atoms with E-state index in [-0.39, 0.29) is 0 Å². The van der Waals surface area contributed by atoms with Crippen molar-refractivity contribution in [3.8, 4) is 0 Å². The molecule has 0 atom stereocenters. The number of rotatable bonds is 3. The molecule has 1 rings (SSSR count). The van der Waals surface area contributed by atoms with Crippen LogP contribution in [-0.2, 0) is 5.41 Å². The Hall–Kier alpha value is 2.21. The third-order valence-electron chi connectivity index (χ3n) is 2.20. The van der Waals surface area contributed by atoms with Crippen LogP contribution < -0.4 is 0 Å². The Balaban J connectivity index is 2.86. The van der Waals surface area contributed by atoms with Crippen LogP contribution in [0.15, 0.2) is 30.3 Å². The zero-order valence-corrected chi connectivity index (χ0v) is 17.6. The molecule has 0 heterocycles. The Morgan fingerprint density at radius 2 is 1.57 bits per heavy atom. The van der Waals surface area contributed by atoms with Crippen LogP contribution in [0, 0.1) is 0 Å². The first-order valence-electron chi connectivity index (χ1n) is 4.43. The molecule has 1 aromatic carbocycles. The molecule has 1 aromatic rings. The number of hydrogen-bond donors (Lipinski definition) is 0.